The lowest BCUT2D eigenvalue weighted by atomic mass is 10.0. The van der Waals surface area contributed by atoms with Gasteiger partial charge in [0.25, 0.3) is 11.5 Å². The van der Waals surface area contributed by atoms with E-state index >= 15 is 0 Å². The van der Waals surface area contributed by atoms with Crippen molar-refractivity contribution in [3.63, 3.8) is 0 Å². The van der Waals surface area contributed by atoms with Crippen LogP contribution < -0.4 is 5.56 Å². The van der Waals surface area contributed by atoms with Crippen LogP contribution in [0.15, 0.2) is 35.4 Å². The molecular weight excluding hydrogens is 346 g/mol. The zero-order valence-corrected chi connectivity index (χ0v) is 15.7. The summed E-state index contributed by atoms with van der Waals surface area (Å²) in [7, 11) is 3.68. The van der Waals surface area contributed by atoms with Gasteiger partial charge in [-0.1, -0.05) is 6.07 Å². The number of H-pyrrole nitrogens is 1. The highest BCUT2D eigenvalue weighted by Gasteiger charge is 2.29. The van der Waals surface area contributed by atoms with Gasteiger partial charge in [-0.3, -0.25) is 14.6 Å². The number of aromatic amines is 1. The van der Waals surface area contributed by atoms with Crippen molar-refractivity contribution in [3.05, 3.63) is 46.5 Å². The second-order valence-corrected chi connectivity index (χ2v) is 6.72. The number of aromatic nitrogens is 3. The van der Waals surface area contributed by atoms with Gasteiger partial charge in [0.2, 0.25) is 0 Å². The molecule has 0 saturated carbocycles. The lowest BCUT2D eigenvalue weighted by molar-refractivity contribution is 0.0503. The molecule has 144 valence electrons. The Morgan fingerprint density at radius 1 is 1.33 bits per heavy atom. The van der Waals surface area contributed by atoms with E-state index in [2.05, 4.69) is 26.9 Å². The molecule has 0 spiro atoms. The minimum atomic E-state index is -0.453. The number of piperidine rings is 1. The Hall–Kier alpha value is -2.58. The summed E-state index contributed by atoms with van der Waals surface area (Å²) in [6.07, 6.45) is 4.73. The van der Waals surface area contributed by atoms with E-state index in [9.17, 15) is 9.59 Å². The Bertz CT molecular complexity index is 816. The van der Waals surface area contributed by atoms with Crippen LogP contribution in [0.5, 0.6) is 0 Å². The summed E-state index contributed by atoms with van der Waals surface area (Å²) < 4.78 is 5.16. The zero-order chi connectivity index (χ0) is 19.2. The van der Waals surface area contributed by atoms with E-state index < -0.39 is 5.56 Å². The second-order valence-electron chi connectivity index (χ2n) is 6.72. The maximum atomic E-state index is 13.1. The quantitative estimate of drug-likeness (QED) is 0.815. The van der Waals surface area contributed by atoms with Crippen LogP contribution in [0.2, 0.25) is 0 Å². The summed E-state index contributed by atoms with van der Waals surface area (Å²) in [5.41, 5.74) is 0.149. The number of methoxy groups -OCH3 is 1. The van der Waals surface area contributed by atoms with Gasteiger partial charge >= 0.3 is 0 Å². The van der Waals surface area contributed by atoms with Crippen molar-refractivity contribution in [3.8, 4) is 11.5 Å². The van der Waals surface area contributed by atoms with Crippen molar-refractivity contribution in [2.45, 2.75) is 18.9 Å². The predicted molar refractivity (Wildman–Crippen MR) is 102 cm³/mol. The summed E-state index contributed by atoms with van der Waals surface area (Å²) in [6.45, 7) is 2.73. The molecule has 1 N–H and O–H groups in total. The third-order valence-corrected chi connectivity index (χ3v) is 4.86. The number of hydrogen-bond acceptors (Lipinski definition) is 6. The van der Waals surface area contributed by atoms with Gasteiger partial charge in [-0.05, 0) is 45.1 Å². The molecule has 3 rings (SSSR count). The molecule has 0 aromatic carbocycles. The van der Waals surface area contributed by atoms with Crippen molar-refractivity contribution in [1.29, 1.82) is 0 Å². The van der Waals surface area contributed by atoms with Gasteiger partial charge in [0.1, 0.15) is 11.3 Å². The van der Waals surface area contributed by atoms with E-state index in [-0.39, 0.29) is 17.5 Å². The first-order valence-electron chi connectivity index (χ1n) is 9.09. The smallest absolute Gasteiger partial charge is 0.264 e. The number of amides is 1. The number of nitrogens with one attached hydrogen (secondary N) is 1. The summed E-state index contributed by atoms with van der Waals surface area (Å²) in [5.74, 6) is 0.0443. The molecule has 0 radical (unpaired) electrons. The Morgan fingerprint density at radius 2 is 2.11 bits per heavy atom. The molecule has 1 aliphatic rings. The maximum Gasteiger partial charge on any atom is 0.264 e. The van der Waals surface area contributed by atoms with Crippen LogP contribution in [0.25, 0.3) is 11.5 Å². The van der Waals surface area contributed by atoms with Gasteiger partial charge in [0.05, 0.1) is 6.61 Å². The fourth-order valence-corrected chi connectivity index (χ4v) is 3.28. The van der Waals surface area contributed by atoms with E-state index in [0.29, 0.717) is 24.7 Å². The zero-order valence-electron chi connectivity index (χ0n) is 15.7. The van der Waals surface area contributed by atoms with E-state index in [0.717, 1.165) is 25.9 Å². The van der Waals surface area contributed by atoms with E-state index in [4.69, 9.17) is 4.74 Å². The number of carbonyl (C=O) groups excluding carboxylic acids is 1. The molecule has 0 aliphatic carbocycles. The molecule has 0 bridgehead atoms. The van der Waals surface area contributed by atoms with E-state index in [1.165, 1.54) is 6.20 Å². The number of pyridine rings is 1. The van der Waals surface area contributed by atoms with Crippen molar-refractivity contribution in [2.75, 3.05) is 40.4 Å². The van der Waals surface area contributed by atoms with Crippen LogP contribution >= 0.6 is 0 Å². The molecular formula is C19H25N5O3. The monoisotopic (exact) mass is 371 g/mol. The first-order valence-corrected chi connectivity index (χ1v) is 9.09. The van der Waals surface area contributed by atoms with Gasteiger partial charge in [-0.25, -0.2) is 4.98 Å². The summed E-state index contributed by atoms with van der Waals surface area (Å²) in [5, 5.41) is 0. The van der Waals surface area contributed by atoms with Crippen LogP contribution in [0, 0.1) is 0 Å². The highest BCUT2D eigenvalue weighted by atomic mass is 16.5. The first kappa shape index (κ1) is 19.2. The molecule has 8 nitrogen and oxygen atoms in total. The van der Waals surface area contributed by atoms with E-state index in [1.807, 2.05) is 6.07 Å². The fraction of sp³-hybridized carbons (Fsp3) is 0.474. The number of carbonyl (C=O) groups is 1. The van der Waals surface area contributed by atoms with Gasteiger partial charge in [-0.15, -0.1) is 0 Å². The van der Waals surface area contributed by atoms with Gasteiger partial charge in [-0.2, -0.15) is 0 Å². The molecule has 3 heterocycles. The third kappa shape index (κ3) is 4.58. The number of rotatable bonds is 6. The molecule has 0 atom stereocenters. The first-order chi connectivity index (χ1) is 13.1. The molecule has 1 amide bonds. The molecule has 2 aromatic heterocycles. The third-order valence-electron chi connectivity index (χ3n) is 4.86. The SMILES string of the molecule is COCCN(C(=O)c1cnc(-c2ccccn2)[nH]c1=O)C1CCN(C)CC1. The minimum Gasteiger partial charge on any atom is -0.383 e. The normalized spacial score (nSPS) is 15.6. The second kappa shape index (κ2) is 8.88. The Morgan fingerprint density at radius 3 is 2.74 bits per heavy atom. The summed E-state index contributed by atoms with van der Waals surface area (Å²) >= 11 is 0. The van der Waals surface area contributed by atoms with E-state index in [1.54, 1.807) is 30.3 Å². The average Bonchev–Trinajstić information content (AvgIpc) is 2.70. The Balaban J connectivity index is 1.83. The Kier molecular flexibility index (Phi) is 6.31. The highest BCUT2D eigenvalue weighted by molar-refractivity contribution is 5.94. The predicted octanol–water partition coefficient (Wildman–Crippen LogP) is 1.01. The molecule has 2 aromatic rings. The van der Waals surface area contributed by atoms with Crippen molar-refractivity contribution in [1.82, 2.24) is 24.8 Å². The number of ether oxygens (including phenoxy) is 1. The summed E-state index contributed by atoms with van der Waals surface area (Å²) in [6, 6.07) is 5.45. The Labute approximate surface area is 158 Å². The molecule has 1 fully saturated rings. The van der Waals surface area contributed by atoms with Gasteiger partial charge < -0.3 is 19.5 Å². The maximum absolute atomic E-state index is 13.1. The fourth-order valence-electron chi connectivity index (χ4n) is 3.28. The minimum absolute atomic E-state index is 0.0460. The van der Waals surface area contributed by atoms with Crippen molar-refractivity contribution < 1.29 is 9.53 Å². The largest absolute Gasteiger partial charge is 0.383 e. The lowest BCUT2D eigenvalue weighted by Gasteiger charge is -2.37. The van der Waals surface area contributed by atoms with Crippen LogP contribution in [0.4, 0.5) is 0 Å². The molecule has 1 saturated heterocycles. The topological polar surface area (TPSA) is 91.4 Å². The van der Waals surface area contributed by atoms with Crippen molar-refractivity contribution in [2.24, 2.45) is 0 Å². The highest BCUT2D eigenvalue weighted by Crippen LogP contribution is 2.18. The molecule has 0 unspecified atom stereocenters. The van der Waals surface area contributed by atoms with Crippen LogP contribution in [-0.2, 0) is 4.74 Å². The van der Waals surface area contributed by atoms with Gasteiger partial charge in [0, 0.05) is 32.1 Å². The average molecular weight is 371 g/mol. The molecule has 1 aliphatic heterocycles. The summed E-state index contributed by atoms with van der Waals surface area (Å²) in [4.78, 5) is 40.7. The number of nitrogens with zero attached hydrogens (tertiary/aromatic N) is 4. The van der Waals surface area contributed by atoms with Crippen molar-refractivity contribution >= 4 is 5.91 Å². The van der Waals surface area contributed by atoms with Crippen LogP contribution in [0.1, 0.15) is 23.2 Å². The number of likely N-dealkylation sites (tertiary alicyclic amines) is 1. The molecule has 8 heteroatoms. The van der Waals surface area contributed by atoms with Crippen LogP contribution in [-0.4, -0.2) is 77.1 Å². The lowest BCUT2D eigenvalue weighted by Crippen LogP contribution is -2.48. The van der Waals surface area contributed by atoms with Crippen LogP contribution in [0.3, 0.4) is 0 Å². The molecule has 27 heavy (non-hydrogen) atoms. The standard InChI is InChI=1S/C19H25N5O3/c1-23-9-6-14(7-10-23)24(11-12-27-2)19(26)15-13-21-17(22-18(15)25)16-5-3-4-8-20-16/h3-5,8,13-14H,6-7,9-12H2,1-2H3,(H,21,22,25). The number of hydrogen-bond donors (Lipinski definition) is 1. The van der Waals surface area contributed by atoms with Gasteiger partial charge in [0.15, 0.2) is 5.82 Å².